The monoisotopic (exact) mass is 472 g/mol. The minimum Gasteiger partial charge on any atom is -0.508 e. The minimum absolute atomic E-state index is 0.00317. The lowest BCUT2D eigenvalue weighted by Gasteiger charge is -2.66. The van der Waals surface area contributed by atoms with Crippen LogP contribution >= 0.6 is 0 Å². The average Bonchev–Trinajstić information content (AvgIpc) is 3.54. The number of phenolic OH excluding ortho intramolecular Hbond substituents is 1. The van der Waals surface area contributed by atoms with Crippen molar-refractivity contribution in [3.8, 4) is 5.75 Å². The maximum absolute atomic E-state index is 13.6. The number of hydrogen-bond acceptors (Lipinski definition) is 5. The second kappa shape index (κ2) is 6.75. The number of nitrogens with one attached hydrogen (secondary N) is 1. The average molecular weight is 473 g/mol. The van der Waals surface area contributed by atoms with Crippen LogP contribution in [-0.2, 0) is 11.8 Å². The number of aromatic amines is 1. The fraction of sp³-hybridized carbons (Fsp3) is 0.607. The number of piperidine rings is 1. The molecule has 1 amide bonds. The van der Waals surface area contributed by atoms with Crippen molar-refractivity contribution < 1.29 is 9.90 Å². The van der Waals surface area contributed by atoms with Crippen molar-refractivity contribution in [3.05, 3.63) is 57.8 Å². The first-order chi connectivity index (χ1) is 17.0. The van der Waals surface area contributed by atoms with Crippen molar-refractivity contribution in [2.75, 3.05) is 19.6 Å². The highest BCUT2D eigenvalue weighted by Gasteiger charge is 2.76. The molecule has 2 aromatic rings. The Kier molecular flexibility index (Phi) is 3.96. The van der Waals surface area contributed by atoms with E-state index in [1.165, 1.54) is 42.9 Å². The maximum atomic E-state index is 13.6. The molecule has 7 nitrogen and oxygen atoms in total. The standard InChI is InChI=1S/C28H32N4O3/c33-19-4-3-17-11-22-27-6-5-21-23(28(27,20(17)12-19)7-10-31(22)14-16-1-2-16)18(13-27)15-32(21)26(35)24-25(34)30-9-8-29-24/h3-4,8-9,12,16,18,21-23,33H,1-2,5-7,10-11,13-15H2,(H,30,34)/t18-,21?,22?,23?,27?,28?/m1/s1. The highest BCUT2D eigenvalue weighted by atomic mass is 16.3. The first-order valence-electron chi connectivity index (χ1n) is 13.4. The molecule has 35 heavy (non-hydrogen) atoms. The number of aromatic hydroxyl groups is 1. The fourth-order valence-corrected chi connectivity index (χ4v) is 9.82. The summed E-state index contributed by atoms with van der Waals surface area (Å²) in [7, 11) is 0. The van der Waals surface area contributed by atoms with Gasteiger partial charge in [-0.05, 0) is 97.9 Å². The lowest BCUT2D eigenvalue weighted by molar-refractivity contribution is -0.102. The quantitative estimate of drug-likeness (QED) is 0.717. The van der Waals surface area contributed by atoms with Crippen LogP contribution in [0.5, 0.6) is 5.75 Å². The summed E-state index contributed by atoms with van der Waals surface area (Å²) in [5.74, 6) is 1.84. The maximum Gasteiger partial charge on any atom is 0.279 e. The van der Waals surface area contributed by atoms with E-state index >= 15 is 0 Å². The lowest BCUT2D eigenvalue weighted by atomic mass is 9.43. The van der Waals surface area contributed by atoms with Gasteiger partial charge in [0, 0.05) is 43.0 Å². The van der Waals surface area contributed by atoms with Crippen molar-refractivity contribution in [1.82, 2.24) is 19.8 Å². The van der Waals surface area contributed by atoms with Crippen LogP contribution in [0.1, 0.15) is 60.1 Å². The largest absolute Gasteiger partial charge is 0.508 e. The molecule has 3 saturated carbocycles. The van der Waals surface area contributed by atoms with E-state index in [1.54, 1.807) is 0 Å². The Labute approximate surface area is 204 Å². The van der Waals surface area contributed by atoms with E-state index in [1.807, 2.05) is 11.0 Å². The Balaban J connectivity index is 1.25. The molecule has 5 unspecified atom stereocenters. The van der Waals surface area contributed by atoms with Gasteiger partial charge in [0.1, 0.15) is 5.75 Å². The summed E-state index contributed by atoms with van der Waals surface area (Å²) < 4.78 is 0. The second-order valence-corrected chi connectivity index (χ2v) is 12.2. The molecule has 182 valence electrons. The van der Waals surface area contributed by atoms with Crippen molar-refractivity contribution in [3.63, 3.8) is 0 Å². The molecule has 1 aromatic heterocycles. The molecule has 5 fully saturated rings. The van der Waals surface area contributed by atoms with Crippen LogP contribution in [-0.4, -0.2) is 62.5 Å². The van der Waals surface area contributed by atoms with E-state index in [-0.39, 0.29) is 28.5 Å². The van der Waals surface area contributed by atoms with E-state index in [0.717, 1.165) is 51.1 Å². The Bertz CT molecular complexity index is 1300. The van der Waals surface area contributed by atoms with Gasteiger partial charge in [-0.15, -0.1) is 0 Å². The van der Waals surface area contributed by atoms with Gasteiger partial charge in [0.05, 0.1) is 0 Å². The van der Waals surface area contributed by atoms with E-state index in [0.29, 0.717) is 23.6 Å². The number of phenols is 1. The molecule has 1 aromatic carbocycles. The van der Waals surface area contributed by atoms with E-state index < -0.39 is 5.56 Å². The summed E-state index contributed by atoms with van der Waals surface area (Å²) in [5, 5.41) is 10.6. The molecule has 4 aliphatic carbocycles. The van der Waals surface area contributed by atoms with Gasteiger partial charge in [-0.1, -0.05) is 6.07 Å². The number of fused-ring (bicyclic) bond motifs is 1. The number of likely N-dealkylation sites (tertiary alicyclic amines) is 2. The van der Waals surface area contributed by atoms with Gasteiger partial charge < -0.3 is 15.0 Å². The molecular formula is C28H32N4O3. The van der Waals surface area contributed by atoms with Gasteiger partial charge in [0.2, 0.25) is 0 Å². The number of amides is 1. The Hall–Kier alpha value is -2.67. The first kappa shape index (κ1) is 20.5. The van der Waals surface area contributed by atoms with Gasteiger partial charge >= 0.3 is 0 Å². The van der Waals surface area contributed by atoms with Crippen LogP contribution in [0.4, 0.5) is 0 Å². The third-order valence-electron chi connectivity index (χ3n) is 10.9. The van der Waals surface area contributed by atoms with Gasteiger partial charge in [-0.2, -0.15) is 0 Å². The number of carbonyl (C=O) groups is 1. The lowest BCUT2D eigenvalue weighted by Crippen LogP contribution is -2.70. The molecule has 6 aliphatic rings. The molecule has 0 radical (unpaired) electrons. The van der Waals surface area contributed by atoms with Gasteiger partial charge in [0.25, 0.3) is 11.5 Å². The summed E-state index contributed by atoms with van der Waals surface area (Å²) in [5.41, 5.74) is 2.60. The highest BCUT2D eigenvalue weighted by Crippen LogP contribution is 2.75. The third-order valence-corrected chi connectivity index (χ3v) is 10.9. The summed E-state index contributed by atoms with van der Waals surface area (Å²) in [6.45, 7) is 3.07. The molecule has 2 saturated heterocycles. The number of carbonyl (C=O) groups excluding carboxylic acids is 1. The molecule has 2 N–H and O–H groups in total. The minimum atomic E-state index is -0.403. The molecule has 0 spiro atoms. The molecule has 6 atom stereocenters. The predicted molar refractivity (Wildman–Crippen MR) is 129 cm³/mol. The van der Waals surface area contributed by atoms with Crippen molar-refractivity contribution >= 4 is 5.91 Å². The molecule has 7 heteroatoms. The number of H-pyrrole nitrogens is 1. The fourth-order valence-electron chi connectivity index (χ4n) is 9.82. The van der Waals surface area contributed by atoms with Crippen LogP contribution in [0.15, 0.2) is 35.4 Å². The van der Waals surface area contributed by atoms with Crippen LogP contribution in [0, 0.1) is 23.2 Å². The number of nitrogens with zero attached hydrogens (tertiary/aromatic N) is 3. The van der Waals surface area contributed by atoms with Crippen LogP contribution in [0.3, 0.4) is 0 Å². The van der Waals surface area contributed by atoms with Crippen LogP contribution in [0.25, 0.3) is 0 Å². The number of benzene rings is 1. The summed E-state index contributed by atoms with van der Waals surface area (Å²) in [6, 6.07) is 6.78. The molecule has 2 aliphatic heterocycles. The number of hydrogen-bond donors (Lipinski definition) is 2. The highest BCUT2D eigenvalue weighted by molar-refractivity contribution is 5.92. The molecule has 8 rings (SSSR count). The predicted octanol–water partition coefficient (Wildman–Crippen LogP) is 2.69. The zero-order chi connectivity index (χ0) is 23.5. The number of aromatic nitrogens is 2. The Morgan fingerprint density at radius 3 is 2.94 bits per heavy atom. The summed E-state index contributed by atoms with van der Waals surface area (Å²) >= 11 is 0. The van der Waals surface area contributed by atoms with Crippen molar-refractivity contribution in [2.45, 2.75) is 62.4 Å². The summed E-state index contributed by atoms with van der Waals surface area (Å²) in [4.78, 5) is 37.6. The normalized spacial score (nSPS) is 38.8. The summed E-state index contributed by atoms with van der Waals surface area (Å²) in [6.07, 6.45) is 11.2. The van der Waals surface area contributed by atoms with E-state index in [4.69, 9.17) is 0 Å². The second-order valence-electron chi connectivity index (χ2n) is 12.2. The zero-order valence-electron chi connectivity index (χ0n) is 19.9. The van der Waals surface area contributed by atoms with Crippen molar-refractivity contribution in [1.29, 1.82) is 0 Å². The number of rotatable bonds is 3. The molecular weight excluding hydrogens is 440 g/mol. The van der Waals surface area contributed by atoms with Gasteiger partial charge in [-0.25, -0.2) is 4.98 Å². The van der Waals surface area contributed by atoms with Crippen molar-refractivity contribution in [2.24, 2.45) is 23.2 Å². The van der Waals surface area contributed by atoms with Crippen LogP contribution in [0.2, 0.25) is 0 Å². The Morgan fingerprint density at radius 1 is 1.23 bits per heavy atom. The molecule has 4 bridgehead atoms. The topological polar surface area (TPSA) is 89.5 Å². The van der Waals surface area contributed by atoms with E-state index in [2.05, 4.69) is 27.0 Å². The van der Waals surface area contributed by atoms with Gasteiger partial charge in [0.15, 0.2) is 5.69 Å². The van der Waals surface area contributed by atoms with Gasteiger partial charge in [-0.3, -0.25) is 14.5 Å². The zero-order valence-corrected chi connectivity index (χ0v) is 19.9. The molecule has 3 heterocycles. The van der Waals surface area contributed by atoms with Crippen LogP contribution < -0.4 is 5.56 Å². The third kappa shape index (κ3) is 2.48. The van der Waals surface area contributed by atoms with E-state index in [9.17, 15) is 14.7 Å². The first-order valence-corrected chi connectivity index (χ1v) is 13.4. The SMILES string of the molecule is O=C(c1ncc[nH]c1=O)N1C[C@H]2CC34CCC1C2C31CCN(CC2CC2)C4Cc2ccc(O)cc21. The Morgan fingerprint density at radius 2 is 2.11 bits per heavy atom. The smallest absolute Gasteiger partial charge is 0.279 e.